The standard InChI is InChI=1S/C15H19N3O3/c1-9(2)18(8-14(16)17-20)15(19)13-7-11-6-10(3)4-5-12(11)21-13/h4-7,9,20H,8H2,1-3H3,(H2,16,17). The molecule has 0 radical (unpaired) electrons. The second kappa shape index (κ2) is 5.87. The minimum Gasteiger partial charge on any atom is -0.451 e. The van der Waals surface area contributed by atoms with Gasteiger partial charge in [-0.2, -0.15) is 0 Å². The molecule has 6 heteroatoms. The molecule has 6 nitrogen and oxygen atoms in total. The van der Waals surface area contributed by atoms with Crippen molar-refractivity contribution in [2.24, 2.45) is 10.9 Å². The maximum atomic E-state index is 12.5. The van der Waals surface area contributed by atoms with Crippen LogP contribution in [-0.4, -0.2) is 34.4 Å². The number of carbonyl (C=O) groups is 1. The molecule has 1 aromatic carbocycles. The summed E-state index contributed by atoms with van der Waals surface area (Å²) in [5.74, 6) is -0.0653. The van der Waals surface area contributed by atoms with Crippen LogP contribution in [0, 0.1) is 6.92 Å². The van der Waals surface area contributed by atoms with E-state index in [-0.39, 0.29) is 30.1 Å². The molecule has 0 bridgehead atoms. The van der Waals surface area contributed by atoms with Crippen LogP contribution < -0.4 is 5.73 Å². The lowest BCUT2D eigenvalue weighted by molar-refractivity contribution is 0.0704. The Bertz CT molecular complexity index is 689. The summed E-state index contributed by atoms with van der Waals surface area (Å²) >= 11 is 0. The molecule has 0 fully saturated rings. The maximum absolute atomic E-state index is 12.5. The van der Waals surface area contributed by atoms with Crippen LogP contribution in [0.3, 0.4) is 0 Å². The van der Waals surface area contributed by atoms with E-state index >= 15 is 0 Å². The second-order valence-corrected chi connectivity index (χ2v) is 5.27. The monoisotopic (exact) mass is 289 g/mol. The summed E-state index contributed by atoms with van der Waals surface area (Å²) < 4.78 is 5.60. The van der Waals surface area contributed by atoms with Gasteiger partial charge in [0.1, 0.15) is 5.58 Å². The number of aryl methyl sites for hydroxylation is 1. The van der Waals surface area contributed by atoms with Crippen molar-refractivity contribution in [3.05, 3.63) is 35.6 Å². The first-order valence-corrected chi connectivity index (χ1v) is 6.70. The van der Waals surface area contributed by atoms with Gasteiger partial charge in [-0.1, -0.05) is 16.8 Å². The number of rotatable bonds is 4. The van der Waals surface area contributed by atoms with E-state index in [9.17, 15) is 4.79 Å². The van der Waals surface area contributed by atoms with Crippen LogP contribution in [0.1, 0.15) is 30.0 Å². The third-order valence-corrected chi connectivity index (χ3v) is 3.23. The molecule has 1 amide bonds. The van der Waals surface area contributed by atoms with Crippen molar-refractivity contribution < 1.29 is 14.4 Å². The van der Waals surface area contributed by atoms with Gasteiger partial charge in [0.15, 0.2) is 11.6 Å². The van der Waals surface area contributed by atoms with Gasteiger partial charge in [0, 0.05) is 11.4 Å². The average molecular weight is 289 g/mol. The molecule has 0 unspecified atom stereocenters. The van der Waals surface area contributed by atoms with Crippen LogP contribution in [0.2, 0.25) is 0 Å². The highest BCUT2D eigenvalue weighted by molar-refractivity contribution is 5.98. The van der Waals surface area contributed by atoms with E-state index < -0.39 is 0 Å². The number of amidine groups is 1. The molecular formula is C15H19N3O3. The number of furan rings is 1. The number of nitrogens with zero attached hydrogens (tertiary/aromatic N) is 2. The smallest absolute Gasteiger partial charge is 0.290 e. The zero-order chi connectivity index (χ0) is 15.6. The van der Waals surface area contributed by atoms with Crippen LogP contribution in [-0.2, 0) is 0 Å². The summed E-state index contributed by atoms with van der Waals surface area (Å²) in [6.07, 6.45) is 0. The fourth-order valence-electron chi connectivity index (χ4n) is 2.10. The first kappa shape index (κ1) is 14.9. The van der Waals surface area contributed by atoms with Crippen molar-refractivity contribution in [1.29, 1.82) is 0 Å². The Morgan fingerprint density at radius 3 is 2.76 bits per heavy atom. The van der Waals surface area contributed by atoms with Crippen molar-refractivity contribution >= 4 is 22.7 Å². The Balaban J connectivity index is 2.34. The Morgan fingerprint density at radius 1 is 1.43 bits per heavy atom. The van der Waals surface area contributed by atoms with Crippen molar-refractivity contribution in [3.63, 3.8) is 0 Å². The summed E-state index contributed by atoms with van der Waals surface area (Å²) in [7, 11) is 0. The predicted molar refractivity (Wildman–Crippen MR) is 80.5 cm³/mol. The van der Waals surface area contributed by atoms with Crippen molar-refractivity contribution in [3.8, 4) is 0 Å². The Morgan fingerprint density at radius 2 is 2.14 bits per heavy atom. The first-order valence-electron chi connectivity index (χ1n) is 6.70. The lowest BCUT2D eigenvalue weighted by Gasteiger charge is -2.24. The van der Waals surface area contributed by atoms with Gasteiger partial charge in [0.05, 0.1) is 6.54 Å². The maximum Gasteiger partial charge on any atom is 0.290 e. The van der Waals surface area contributed by atoms with Gasteiger partial charge in [-0.3, -0.25) is 4.79 Å². The van der Waals surface area contributed by atoms with Crippen LogP contribution >= 0.6 is 0 Å². The van der Waals surface area contributed by atoms with E-state index in [2.05, 4.69) is 5.16 Å². The zero-order valence-corrected chi connectivity index (χ0v) is 12.3. The van der Waals surface area contributed by atoms with E-state index in [1.807, 2.05) is 39.0 Å². The molecule has 112 valence electrons. The number of hydrogen-bond donors (Lipinski definition) is 2. The third kappa shape index (κ3) is 3.16. The molecule has 1 aromatic heterocycles. The predicted octanol–water partition coefficient (Wildman–Crippen LogP) is 2.34. The highest BCUT2D eigenvalue weighted by atomic mass is 16.4. The Hall–Kier alpha value is -2.50. The number of oxime groups is 1. The molecule has 0 saturated carbocycles. The summed E-state index contributed by atoms with van der Waals surface area (Å²) in [6.45, 7) is 5.74. The van der Waals surface area contributed by atoms with Crippen molar-refractivity contribution in [2.45, 2.75) is 26.8 Å². The van der Waals surface area contributed by atoms with Crippen LogP contribution in [0.5, 0.6) is 0 Å². The molecule has 0 aliphatic heterocycles. The molecule has 2 aromatic rings. The lowest BCUT2D eigenvalue weighted by atomic mass is 10.2. The Kier molecular flexibility index (Phi) is 4.16. The van der Waals surface area contributed by atoms with E-state index in [1.54, 1.807) is 6.07 Å². The molecule has 0 aliphatic carbocycles. The summed E-state index contributed by atoms with van der Waals surface area (Å²) in [6, 6.07) is 7.33. The largest absolute Gasteiger partial charge is 0.451 e. The van der Waals surface area contributed by atoms with Crippen LogP contribution in [0.4, 0.5) is 0 Å². The quantitative estimate of drug-likeness (QED) is 0.391. The van der Waals surface area contributed by atoms with Crippen molar-refractivity contribution in [1.82, 2.24) is 4.90 Å². The highest BCUT2D eigenvalue weighted by Crippen LogP contribution is 2.22. The van der Waals surface area contributed by atoms with Gasteiger partial charge in [-0.25, -0.2) is 0 Å². The normalized spacial score (nSPS) is 12.1. The second-order valence-electron chi connectivity index (χ2n) is 5.27. The number of fused-ring (bicyclic) bond motifs is 1. The Labute approximate surface area is 122 Å². The van der Waals surface area contributed by atoms with E-state index in [4.69, 9.17) is 15.4 Å². The fourth-order valence-corrected chi connectivity index (χ4v) is 2.10. The third-order valence-electron chi connectivity index (χ3n) is 3.23. The molecule has 0 saturated heterocycles. The highest BCUT2D eigenvalue weighted by Gasteiger charge is 2.23. The molecule has 0 spiro atoms. The topological polar surface area (TPSA) is 92.1 Å². The van der Waals surface area contributed by atoms with Gasteiger partial charge >= 0.3 is 0 Å². The van der Waals surface area contributed by atoms with Gasteiger partial charge in [0.2, 0.25) is 0 Å². The van der Waals surface area contributed by atoms with Crippen LogP contribution in [0.25, 0.3) is 11.0 Å². The minimum atomic E-state index is -0.287. The van der Waals surface area contributed by atoms with E-state index in [0.717, 1.165) is 10.9 Å². The van der Waals surface area contributed by atoms with Crippen LogP contribution in [0.15, 0.2) is 33.8 Å². The SMILES string of the molecule is Cc1ccc2oc(C(=O)N(CC(N)=NO)C(C)C)cc2c1. The molecule has 2 rings (SSSR count). The van der Waals surface area contributed by atoms with Gasteiger partial charge in [0.25, 0.3) is 5.91 Å². The molecule has 3 N–H and O–H groups in total. The van der Waals surface area contributed by atoms with Gasteiger partial charge < -0.3 is 20.3 Å². The average Bonchev–Trinajstić information content (AvgIpc) is 2.86. The molecule has 0 aliphatic rings. The van der Waals surface area contributed by atoms with E-state index in [1.165, 1.54) is 4.90 Å². The molecule has 21 heavy (non-hydrogen) atoms. The van der Waals surface area contributed by atoms with Crippen molar-refractivity contribution in [2.75, 3.05) is 6.54 Å². The fraction of sp³-hybridized carbons (Fsp3) is 0.333. The number of amides is 1. The summed E-state index contributed by atoms with van der Waals surface area (Å²) in [5.41, 5.74) is 7.26. The summed E-state index contributed by atoms with van der Waals surface area (Å²) in [5, 5.41) is 12.5. The number of nitrogens with two attached hydrogens (primary N) is 1. The number of carbonyl (C=O) groups excluding carboxylic acids is 1. The zero-order valence-electron chi connectivity index (χ0n) is 12.3. The number of benzene rings is 1. The minimum absolute atomic E-state index is 0.0241. The molecule has 1 heterocycles. The van der Waals surface area contributed by atoms with E-state index in [0.29, 0.717) is 5.58 Å². The van der Waals surface area contributed by atoms with Gasteiger partial charge in [-0.15, -0.1) is 0 Å². The first-order chi connectivity index (χ1) is 9.92. The molecular weight excluding hydrogens is 270 g/mol. The number of hydrogen-bond acceptors (Lipinski definition) is 4. The van der Waals surface area contributed by atoms with Gasteiger partial charge in [-0.05, 0) is 39.0 Å². The molecule has 0 atom stereocenters. The summed E-state index contributed by atoms with van der Waals surface area (Å²) in [4.78, 5) is 14.0. The lowest BCUT2D eigenvalue weighted by Crippen LogP contribution is -2.42.